The Morgan fingerprint density at radius 3 is 2.68 bits per heavy atom. The first-order valence-electron chi connectivity index (χ1n) is 6.69. The van der Waals surface area contributed by atoms with Crippen LogP contribution in [-0.4, -0.2) is 30.4 Å². The first-order chi connectivity index (χ1) is 9.12. The smallest absolute Gasteiger partial charge is 0.0995 e. The maximum Gasteiger partial charge on any atom is 0.0995 e. The molecule has 2 atom stereocenters. The number of benzene rings is 1. The van der Waals surface area contributed by atoms with Crippen molar-refractivity contribution in [1.29, 1.82) is 5.26 Å². The summed E-state index contributed by atoms with van der Waals surface area (Å²) in [4.78, 5) is 0. The zero-order valence-electron chi connectivity index (χ0n) is 11.0. The number of nitrogens with zero attached hydrogens (tertiary/aromatic N) is 1. The van der Waals surface area contributed by atoms with Crippen molar-refractivity contribution in [3.05, 3.63) is 34.9 Å². The van der Waals surface area contributed by atoms with Crippen LogP contribution in [0.1, 0.15) is 29.5 Å². The summed E-state index contributed by atoms with van der Waals surface area (Å²) in [6.07, 6.45) is 1.20. The van der Waals surface area contributed by atoms with Gasteiger partial charge >= 0.3 is 0 Å². The first kappa shape index (κ1) is 12.6. The highest BCUT2D eigenvalue weighted by Crippen LogP contribution is 2.39. The number of aliphatic hydroxyl groups is 1. The van der Waals surface area contributed by atoms with Gasteiger partial charge in [-0.3, -0.25) is 0 Å². The lowest BCUT2D eigenvalue weighted by atomic mass is 9.75. The summed E-state index contributed by atoms with van der Waals surface area (Å²) in [5, 5.41) is 23.9. The maximum absolute atomic E-state index is 11.1. The standard InChI is InChI=1S/C15H18N2O2/c1-10-3-2-4-11(7-16)14(10)15(18)5-12-8-19-9-13(6-15)17-12/h2-4,12-13,17-18H,5-6,8-9H2,1H3. The van der Waals surface area contributed by atoms with E-state index in [9.17, 15) is 10.4 Å². The minimum absolute atomic E-state index is 0.170. The van der Waals surface area contributed by atoms with Crippen molar-refractivity contribution in [3.8, 4) is 6.07 Å². The molecule has 2 bridgehead atoms. The van der Waals surface area contributed by atoms with Gasteiger partial charge in [-0.25, -0.2) is 0 Å². The molecule has 2 saturated heterocycles. The predicted octanol–water partition coefficient (Wildman–Crippen LogP) is 1.21. The van der Waals surface area contributed by atoms with Crippen molar-refractivity contribution in [1.82, 2.24) is 5.32 Å². The van der Waals surface area contributed by atoms with Crippen LogP contribution in [0.3, 0.4) is 0 Å². The summed E-state index contributed by atoms with van der Waals surface area (Å²) in [6.45, 7) is 3.22. The Kier molecular flexibility index (Phi) is 3.06. The molecule has 4 heteroatoms. The van der Waals surface area contributed by atoms with Crippen molar-refractivity contribution in [2.75, 3.05) is 13.2 Å². The third kappa shape index (κ3) is 2.14. The van der Waals surface area contributed by atoms with Gasteiger partial charge in [-0.1, -0.05) is 12.1 Å². The van der Waals surface area contributed by atoms with Crippen LogP contribution in [-0.2, 0) is 10.3 Å². The molecular weight excluding hydrogens is 240 g/mol. The lowest BCUT2D eigenvalue weighted by Gasteiger charge is -2.45. The highest BCUT2D eigenvalue weighted by Gasteiger charge is 2.44. The Morgan fingerprint density at radius 2 is 2.05 bits per heavy atom. The number of morpholine rings is 1. The molecule has 19 heavy (non-hydrogen) atoms. The lowest BCUT2D eigenvalue weighted by molar-refractivity contribution is -0.0806. The number of piperidine rings is 1. The number of hydrogen-bond acceptors (Lipinski definition) is 4. The van der Waals surface area contributed by atoms with Crippen LogP contribution < -0.4 is 5.32 Å². The average molecular weight is 258 g/mol. The van der Waals surface area contributed by atoms with E-state index in [4.69, 9.17) is 4.74 Å². The number of ether oxygens (including phenoxy) is 1. The van der Waals surface area contributed by atoms with Crippen LogP contribution in [0.2, 0.25) is 0 Å². The SMILES string of the molecule is Cc1cccc(C#N)c1C1(O)CC2COCC(C1)N2. The molecular formula is C15H18N2O2. The molecule has 0 aromatic heterocycles. The van der Waals surface area contributed by atoms with Gasteiger partial charge in [-0.05, 0) is 31.4 Å². The van der Waals surface area contributed by atoms with E-state index in [2.05, 4.69) is 11.4 Å². The molecule has 0 radical (unpaired) electrons. The fourth-order valence-electron chi connectivity index (χ4n) is 3.50. The second-order valence-corrected chi connectivity index (χ2v) is 5.65. The minimum Gasteiger partial charge on any atom is -0.385 e. The Morgan fingerprint density at radius 1 is 1.37 bits per heavy atom. The fraction of sp³-hybridized carbons (Fsp3) is 0.533. The number of rotatable bonds is 1. The second-order valence-electron chi connectivity index (χ2n) is 5.65. The second kappa shape index (κ2) is 4.61. The molecule has 1 aromatic rings. The number of hydrogen-bond donors (Lipinski definition) is 2. The number of aryl methyl sites for hydroxylation is 1. The molecule has 3 rings (SSSR count). The molecule has 2 heterocycles. The highest BCUT2D eigenvalue weighted by atomic mass is 16.5. The summed E-state index contributed by atoms with van der Waals surface area (Å²) in [7, 11) is 0. The molecule has 2 N–H and O–H groups in total. The van der Waals surface area contributed by atoms with Gasteiger partial charge in [0.05, 0.1) is 30.4 Å². The summed E-state index contributed by atoms with van der Waals surface area (Å²) < 4.78 is 5.51. The van der Waals surface area contributed by atoms with Crippen LogP contribution in [0, 0.1) is 18.3 Å². The van der Waals surface area contributed by atoms with E-state index in [-0.39, 0.29) is 12.1 Å². The quantitative estimate of drug-likeness (QED) is 0.794. The molecule has 2 aliphatic rings. The van der Waals surface area contributed by atoms with E-state index < -0.39 is 5.60 Å². The number of fused-ring (bicyclic) bond motifs is 2. The molecule has 2 aliphatic heterocycles. The Hall–Kier alpha value is -1.41. The highest BCUT2D eigenvalue weighted by molar-refractivity contribution is 5.46. The fourth-order valence-corrected chi connectivity index (χ4v) is 3.50. The molecule has 1 aromatic carbocycles. The van der Waals surface area contributed by atoms with Gasteiger partial charge in [0.1, 0.15) is 0 Å². The van der Waals surface area contributed by atoms with Gasteiger partial charge in [0, 0.05) is 17.6 Å². The summed E-state index contributed by atoms with van der Waals surface area (Å²) >= 11 is 0. The molecule has 2 fully saturated rings. The minimum atomic E-state index is -0.916. The number of nitrogens with one attached hydrogen (secondary N) is 1. The largest absolute Gasteiger partial charge is 0.385 e. The molecule has 100 valence electrons. The van der Waals surface area contributed by atoms with Gasteiger partial charge in [0.2, 0.25) is 0 Å². The monoisotopic (exact) mass is 258 g/mol. The van der Waals surface area contributed by atoms with Gasteiger partial charge in [-0.15, -0.1) is 0 Å². The van der Waals surface area contributed by atoms with Crippen LogP contribution in [0.15, 0.2) is 18.2 Å². The van der Waals surface area contributed by atoms with Crippen LogP contribution in [0.5, 0.6) is 0 Å². The lowest BCUT2D eigenvalue weighted by Crippen LogP contribution is -2.58. The van der Waals surface area contributed by atoms with Crippen molar-refractivity contribution in [2.45, 2.75) is 37.5 Å². The van der Waals surface area contributed by atoms with Gasteiger partial charge in [-0.2, -0.15) is 5.26 Å². The van der Waals surface area contributed by atoms with E-state index in [1.54, 1.807) is 6.07 Å². The van der Waals surface area contributed by atoms with Crippen molar-refractivity contribution >= 4 is 0 Å². The molecule has 0 amide bonds. The maximum atomic E-state index is 11.1. The normalized spacial score (nSPS) is 33.7. The Balaban J connectivity index is 2.03. The molecule has 0 saturated carbocycles. The Labute approximate surface area is 113 Å². The summed E-state index contributed by atoms with van der Waals surface area (Å²) in [6, 6.07) is 8.17. The van der Waals surface area contributed by atoms with E-state index in [1.807, 2.05) is 19.1 Å². The molecule has 2 unspecified atom stereocenters. The van der Waals surface area contributed by atoms with E-state index in [1.165, 1.54) is 0 Å². The van der Waals surface area contributed by atoms with Crippen molar-refractivity contribution < 1.29 is 9.84 Å². The van der Waals surface area contributed by atoms with Gasteiger partial charge in [0.15, 0.2) is 0 Å². The van der Waals surface area contributed by atoms with Gasteiger partial charge < -0.3 is 15.2 Å². The van der Waals surface area contributed by atoms with Gasteiger partial charge in [0.25, 0.3) is 0 Å². The van der Waals surface area contributed by atoms with E-state index >= 15 is 0 Å². The summed E-state index contributed by atoms with van der Waals surface area (Å²) in [5.41, 5.74) is 1.46. The zero-order chi connectivity index (χ0) is 13.5. The third-order valence-electron chi connectivity index (χ3n) is 4.14. The van der Waals surface area contributed by atoms with Crippen molar-refractivity contribution in [2.24, 2.45) is 0 Å². The molecule has 0 spiro atoms. The van der Waals surface area contributed by atoms with E-state index in [0.717, 1.165) is 11.1 Å². The van der Waals surface area contributed by atoms with Crippen LogP contribution in [0.25, 0.3) is 0 Å². The third-order valence-corrected chi connectivity index (χ3v) is 4.14. The number of nitriles is 1. The average Bonchev–Trinajstić information content (AvgIpc) is 2.37. The molecule has 0 aliphatic carbocycles. The van der Waals surface area contributed by atoms with E-state index in [0.29, 0.717) is 31.6 Å². The molecule has 4 nitrogen and oxygen atoms in total. The predicted molar refractivity (Wildman–Crippen MR) is 70.6 cm³/mol. The topological polar surface area (TPSA) is 65.3 Å². The zero-order valence-corrected chi connectivity index (χ0v) is 11.0. The van der Waals surface area contributed by atoms with Crippen LogP contribution >= 0.6 is 0 Å². The first-order valence-corrected chi connectivity index (χ1v) is 6.69. The summed E-state index contributed by atoms with van der Waals surface area (Å²) in [5.74, 6) is 0. The van der Waals surface area contributed by atoms with Crippen LogP contribution in [0.4, 0.5) is 0 Å². The van der Waals surface area contributed by atoms with Crippen molar-refractivity contribution in [3.63, 3.8) is 0 Å². The Bertz CT molecular complexity index is 523.